The van der Waals surface area contributed by atoms with Crippen LogP contribution >= 0.6 is 0 Å². The van der Waals surface area contributed by atoms with Crippen molar-refractivity contribution >= 4 is 15.9 Å². The molecule has 0 bridgehead atoms. The van der Waals surface area contributed by atoms with Crippen molar-refractivity contribution < 1.29 is 22.7 Å². The van der Waals surface area contributed by atoms with Crippen molar-refractivity contribution in [2.45, 2.75) is 30.6 Å². The van der Waals surface area contributed by atoms with Gasteiger partial charge in [-0.05, 0) is 67.1 Å². The normalized spacial score (nSPS) is 18.9. The Balaban J connectivity index is 1.28. The lowest BCUT2D eigenvalue weighted by atomic mass is 9.92. The molecule has 2 aromatic rings. The summed E-state index contributed by atoms with van der Waals surface area (Å²) in [6.07, 6.45) is 4.24. The van der Waals surface area contributed by atoms with E-state index in [4.69, 9.17) is 9.47 Å². The highest BCUT2D eigenvalue weighted by Crippen LogP contribution is 2.33. The Kier molecular flexibility index (Phi) is 4.91. The molecule has 1 saturated heterocycles. The summed E-state index contributed by atoms with van der Waals surface area (Å²) < 4.78 is 38.4. The first kappa shape index (κ1) is 19.4. The van der Waals surface area contributed by atoms with Gasteiger partial charge in [-0.25, -0.2) is 8.42 Å². The van der Waals surface area contributed by atoms with Crippen LogP contribution in [0.5, 0.6) is 11.5 Å². The van der Waals surface area contributed by atoms with Crippen molar-refractivity contribution in [1.29, 1.82) is 0 Å². The van der Waals surface area contributed by atoms with Crippen molar-refractivity contribution in [2.24, 2.45) is 0 Å². The van der Waals surface area contributed by atoms with E-state index in [0.29, 0.717) is 35.0 Å². The molecule has 3 aliphatic rings. The van der Waals surface area contributed by atoms with Gasteiger partial charge in [0, 0.05) is 31.7 Å². The van der Waals surface area contributed by atoms with Crippen molar-refractivity contribution in [1.82, 2.24) is 9.21 Å². The van der Waals surface area contributed by atoms with Crippen LogP contribution in [0.3, 0.4) is 0 Å². The van der Waals surface area contributed by atoms with Gasteiger partial charge in [0.25, 0.3) is 5.91 Å². The third-order valence-corrected chi connectivity index (χ3v) is 8.00. The summed E-state index contributed by atoms with van der Waals surface area (Å²) in [5.74, 6) is 1.07. The number of fused-ring (bicyclic) bond motifs is 2. The van der Waals surface area contributed by atoms with Crippen molar-refractivity contribution in [3.05, 3.63) is 53.1 Å². The van der Waals surface area contributed by atoms with Crippen LogP contribution < -0.4 is 9.47 Å². The second kappa shape index (κ2) is 7.59. The van der Waals surface area contributed by atoms with Gasteiger partial charge in [-0.2, -0.15) is 4.31 Å². The quantitative estimate of drug-likeness (QED) is 0.751. The third kappa shape index (κ3) is 3.44. The van der Waals surface area contributed by atoms with E-state index in [1.165, 1.54) is 16.3 Å². The Hall–Kier alpha value is -2.58. The lowest BCUT2D eigenvalue weighted by Gasteiger charge is -2.34. The van der Waals surface area contributed by atoms with E-state index in [1.807, 2.05) is 12.1 Å². The van der Waals surface area contributed by atoms with Crippen LogP contribution in [-0.4, -0.2) is 56.5 Å². The average molecular weight is 429 g/mol. The lowest BCUT2D eigenvalue weighted by Crippen LogP contribution is -2.50. The van der Waals surface area contributed by atoms with E-state index in [-0.39, 0.29) is 25.8 Å². The first-order valence-corrected chi connectivity index (χ1v) is 11.8. The number of nitrogens with zero attached hydrogens (tertiary/aromatic N) is 2. The van der Waals surface area contributed by atoms with Crippen molar-refractivity contribution in [3.8, 4) is 11.5 Å². The Bertz CT molecular complexity index is 1090. The molecular formula is C22H24N2O5S. The van der Waals surface area contributed by atoms with Crippen molar-refractivity contribution in [2.75, 3.05) is 33.0 Å². The monoisotopic (exact) mass is 428 g/mol. The molecular weight excluding hydrogens is 404 g/mol. The molecule has 0 unspecified atom stereocenters. The van der Waals surface area contributed by atoms with Crippen LogP contribution in [-0.2, 0) is 22.9 Å². The number of aryl methyl sites for hydroxylation is 2. The highest BCUT2D eigenvalue weighted by Gasteiger charge is 2.31. The largest absolute Gasteiger partial charge is 0.454 e. The van der Waals surface area contributed by atoms with Crippen molar-refractivity contribution in [3.63, 3.8) is 0 Å². The molecule has 158 valence electrons. The summed E-state index contributed by atoms with van der Waals surface area (Å²) in [5.41, 5.74) is 2.93. The van der Waals surface area contributed by atoms with Crippen LogP contribution in [0, 0.1) is 0 Å². The van der Waals surface area contributed by atoms with Crippen LogP contribution in [0.25, 0.3) is 0 Å². The Morgan fingerprint density at radius 3 is 2.37 bits per heavy atom. The highest BCUT2D eigenvalue weighted by molar-refractivity contribution is 7.89. The van der Waals surface area contributed by atoms with E-state index >= 15 is 0 Å². The minimum Gasteiger partial charge on any atom is -0.454 e. The second-order valence-corrected chi connectivity index (χ2v) is 9.84. The minimum atomic E-state index is -3.56. The van der Waals surface area contributed by atoms with Crippen LogP contribution in [0.4, 0.5) is 0 Å². The van der Waals surface area contributed by atoms with Gasteiger partial charge in [0.1, 0.15) is 0 Å². The SMILES string of the molecule is O=C(c1ccc2c(c1)OCO2)N1CCN(S(=O)(=O)c2ccc3c(c2)CCCC3)CC1. The lowest BCUT2D eigenvalue weighted by molar-refractivity contribution is 0.0697. The maximum absolute atomic E-state index is 13.1. The summed E-state index contributed by atoms with van der Waals surface area (Å²) in [7, 11) is -3.56. The van der Waals surface area contributed by atoms with Crippen LogP contribution in [0.15, 0.2) is 41.3 Å². The molecule has 2 aliphatic heterocycles. The maximum atomic E-state index is 13.1. The Labute approximate surface area is 176 Å². The number of carbonyl (C=O) groups is 1. The zero-order chi connectivity index (χ0) is 20.7. The van der Waals surface area contributed by atoms with E-state index in [2.05, 4.69) is 0 Å². The molecule has 7 nitrogen and oxygen atoms in total. The summed E-state index contributed by atoms with van der Waals surface area (Å²) in [4.78, 5) is 14.9. The fraction of sp³-hybridized carbons (Fsp3) is 0.409. The molecule has 2 heterocycles. The molecule has 5 rings (SSSR count). The smallest absolute Gasteiger partial charge is 0.254 e. The predicted molar refractivity (Wildman–Crippen MR) is 110 cm³/mol. The summed E-state index contributed by atoms with van der Waals surface area (Å²) in [5, 5.41) is 0. The maximum Gasteiger partial charge on any atom is 0.254 e. The highest BCUT2D eigenvalue weighted by atomic mass is 32.2. The van der Waals surface area contributed by atoms with Gasteiger partial charge in [-0.15, -0.1) is 0 Å². The number of piperazine rings is 1. The number of ether oxygens (including phenoxy) is 2. The van der Waals surface area contributed by atoms with Gasteiger partial charge in [0.05, 0.1) is 4.90 Å². The van der Waals surface area contributed by atoms with Gasteiger partial charge in [-0.1, -0.05) is 6.07 Å². The Morgan fingerprint density at radius 2 is 1.57 bits per heavy atom. The molecule has 0 radical (unpaired) electrons. The van der Waals surface area contributed by atoms with E-state index in [0.717, 1.165) is 24.8 Å². The fourth-order valence-electron chi connectivity index (χ4n) is 4.36. The number of hydrogen-bond acceptors (Lipinski definition) is 5. The van der Waals surface area contributed by atoms with E-state index in [9.17, 15) is 13.2 Å². The summed E-state index contributed by atoms with van der Waals surface area (Å²) >= 11 is 0. The topological polar surface area (TPSA) is 76.2 Å². The predicted octanol–water partition coefficient (Wildman–Crippen LogP) is 2.44. The number of carbonyl (C=O) groups excluding carboxylic acids is 1. The zero-order valence-electron chi connectivity index (χ0n) is 16.7. The average Bonchev–Trinajstić information content (AvgIpc) is 3.26. The number of sulfonamides is 1. The summed E-state index contributed by atoms with van der Waals surface area (Å²) in [6, 6.07) is 10.7. The molecule has 1 amide bonds. The molecule has 0 N–H and O–H groups in total. The number of amides is 1. The van der Waals surface area contributed by atoms with Crippen LogP contribution in [0.2, 0.25) is 0 Å². The molecule has 0 atom stereocenters. The number of rotatable bonds is 3. The zero-order valence-corrected chi connectivity index (χ0v) is 17.5. The standard InChI is InChI=1S/C22H24N2O5S/c25-22(18-6-8-20-21(14-18)29-15-28-20)23-9-11-24(12-10-23)30(26,27)19-7-5-16-3-1-2-4-17(16)13-19/h5-8,13-14H,1-4,9-12,15H2. The molecule has 1 aliphatic carbocycles. The summed E-state index contributed by atoms with van der Waals surface area (Å²) in [6.45, 7) is 1.45. The second-order valence-electron chi connectivity index (χ2n) is 7.90. The minimum absolute atomic E-state index is 0.126. The molecule has 2 aromatic carbocycles. The molecule has 0 saturated carbocycles. The Morgan fingerprint density at radius 1 is 0.833 bits per heavy atom. The van der Waals surface area contributed by atoms with E-state index in [1.54, 1.807) is 29.2 Å². The molecule has 0 spiro atoms. The number of hydrogen-bond donors (Lipinski definition) is 0. The van der Waals surface area contributed by atoms with Crippen LogP contribution in [0.1, 0.15) is 34.3 Å². The molecule has 1 fully saturated rings. The van der Waals surface area contributed by atoms with Gasteiger partial charge in [0.2, 0.25) is 16.8 Å². The van der Waals surface area contributed by atoms with Gasteiger partial charge < -0.3 is 14.4 Å². The third-order valence-electron chi connectivity index (χ3n) is 6.10. The first-order chi connectivity index (χ1) is 14.5. The van der Waals surface area contributed by atoms with Gasteiger partial charge in [-0.3, -0.25) is 4.79 Å². The van der Waals surface area contributed by atoms with E-state index < -0.39 is 10.0 Å². The molecule has 0 aromatic heterocycles. The van der Waals surface area contributed by atoms with Gasteiger partial charge in [0.15, 0.2) is 11.5 Å². The first-order valence-electron chi connectivity index (χ1n) is 10.3. The molecule has 8 heteroatoms. The number of benzene rings is 2. The van der Waals surface area contributed by atoms with Gasteiger partial charge >= 0.3 is 0 Å². The fourth-order valence-corrected chi connectivity index (χ4v) is 5.84. The molecule has 30 heavy (non-hydrogen) atoms.